The van der Waals surface area contributed by atoms with Crippen LogP contribution in [0.3, 0.4) is 0 Å². The second kappa shape index (κ2) is 7.99. The highest BCUT2D eigenvalue weighted by Crippen LogP contribution is 2.44. The summed E-state index contributed by atoms with van der Waals surface area (Å²) >= 11 is 0. The van der Waals surface area contributed by atoms with Crippen LogP contribution in [0.5, 0.6) is 11.5 Å². The Bertz CT molecular complexity index is 682. The van der Waals surface area contributed by atoms with Gasteiger partial charge in [-0.1, -0.05) is 6.07 Å². The van der Waals surface area contributed by atoms with Gasteiger partial charge in [0.2, 0.25) is 0 Å². The zero-order valence-corrected chi connectivity index (χ0v) is 15.6. The minimum Gasteiger partial charge on any atom is -0.493 e. The van der Waals surface area contributed by atoms with E-state index in [-0.39, 0.29) is 11.9 Å². The van der Waals surface area contributed by atoms with Crippen LogP contribution in [0.1, 0.15) is 51.0 Å². The van der Waals surface area contributed by atoms with Gasteiger partial charge in [0.15, 0.2) is 11.5 Å². The van der Waals surface area contributed by atoms with Gasteiger partial charge in [-0.2, -0.15) is 5.26 Å². The molecule has 0 heterocycles. The predicted molar refractivity (Wildman–Crippen MR) is 97.1 cm³/mol. The molecule has 0 aliphatic heterocycles. The van der Waals surface area contributed by atoms with Gasteiger partial charge < -0.3 is 14.2 Å². The monoisotopic (exact) mass is 357 g/mol. The lowest BCUT2D eigenvalue weighted by molar-refractivity contribution is -0.149. The van der Waals surface area contributed by atoms with Gasteiger partial charge >= 0.3 is 5.97 Å². The van der Waals surface area contributed by atoms with Crippen molar-refractivity contribution < 1.29 is 19.0 Å². The van der Waals surface area contributed by atoms with E-state index < -0.39 is 5.41 Å². The van der Waals surface area contributed by atoms with Crippen molar-refractivity contribution in [1.29, 1.82) is 5.26 Å². The average molecular weight is 357 g/mol. The Labute approximate surface area is 155 Å². The van der Waals surface area contributed by atoms with Crippen LogP contribution in [0.2, 0.25) is 0 Å². The van der Waals surface area contributed by atoms with Crippen LogP contribution < -0.4 is 9.47 Å². The highest BCUT2D eigenvalue weighted by Gasteiger charge is 2.40. The molecule has 1 aromatic carbocycles. The largest absolute Gasteiger partial charge is 0.493 e. The molecule has 5 heteroatoms. The second-order valence-electron chi connectivity index (χ2n) is 7.34. The number of nitriles is 1. The molecule has 0 N–H and O–H groups in total. The van der Waals surface area contributed by atoms with Crippen molar-refractivity contribution in [1.82, 2.24) is 0 Å². The van der Waals surface area contributed by atoms with E-state index in [1.807, 2.05) is 25.1 Å². The van der Waals surface area contributed by atoms with Crippen molar-refractivity contribution >= 4 is 5.97 Å². The molecule has 1 aromatic rings. The third-order valence-corrected chi connectivity index (χ3v) is 5.56. The van der Waals surface area contributed by atoms with Crippen molar-refractivity contribution in [3.8, 4) is 17.6 Å². The number of hydrogen-bond donors (Lipinski definition) is 0. The SMILES string of the molecule is CCOC(=O)C1CCC(C#N)(c2ccc(OC)c(OCC3CC3)c2)CC1. The van der Waals surface area contributed by atoms with E-state index >= 15 is 0 Å². The van der Waals surface area contributed by atoms with Crippen molar-refractivity contribution in [2.75, 3.05) is 20.3 Å². The van der Waals surface area contributed by atoms with E-state index in [1.165, 1.54) is 12.8 Å². The van der Waals surface area contributed by atoms with E-state index in [0.717, 1.165) is 5.56 Å². The molecule has 3 rings (SSSR count). The zero-order chi connectivity index (χ0) is 18.6. The maximum Gasteiger partial charge on any atom is 0.308 e. The molecule has 0 unspecified atom stereocenters. The summed E-state index contributed by atoms with van der Waals surface area (Å²) in [6, 6.07) is 8.31. The molecule has 0 amide bonds. The standard InChI is InChI=1S/C21H27NO4/c1-3-25-20(23)16-8-10-21(14-22,11-9-16)17-6-7-18(24-2)19(12-17)26-13-15-4-5-15/h6-7,12,15-16H,3-5,8-11,13H2,1-2H3. The number of carbonyl (C=O) groups is 1. The zero-order valence-electron chi connectivity index (χ0n) is 15.6. The Balaban J connectivity index is 1.76. The summed E-state index contributed by atoms with van der Waals surface area (Å²) in [4.78, 5) is 12.0. The molecule has 2 saturated carbocycles. The van der Waals surface area contributed by atoms with Crippen LogP contribution in [-0.2, 0) is 14.9 Å². The fraction of sp³-hybridized carbons (Fsp3) is 0.619. The molecular weight excluding hydrogens is 330 g/mol. The Morgan fingerprint density at radius 3 is 2.54 bits per heavy atom. The van der Waals surface area contributed by atoms with Crippen LogP contribution >= 0.6 is 0 Å². The lowest BCUT2D eigenvalue weighted by atomic mass is 9.67. The predicted octanol–water partition coefficient (Wildman–Crippen LogP) is 4.00. The van der Waals surface area contributed by atoms with Crippen molar-refractivity contribution in [3.05, 3.63) is 23.8 Å². The Morgan fingerprint density at radius 1 is 1.23 bits per heavy atom. The summed E-state index contributed by atoms with van der Waals surface area (Å²) in [6.45, 7) is 2.92. The molecule has 2 fully saturated rings. The van der Waals surface area contributed by atoms with E-state index in [1.54, 1.807) is 7.11 Å². The van der Waals surface area contributed by atoms with Crippen LogP contribution in [0.4, 0.5) is 0 Å². The summed E-state index contributed by atoms with van der Waals surface area (Å²) in [6.07, 6.45) is 5.11. The summed E-state index contributed by atoms with van der Waals surface area (Å²) in [7, 11) is 1.63. The van der Waals surface area contributed by atoms with Gasteiger partial charge in [-0.25, -0.2) is 0 Å². The molecule has 0 atom stereocenters. The topological polar surface area (TPSA) is 68.6 Å². The quantitative estimate of drug-likeness (QED) is 0.690. The van der Waals surface area contributed by atoms with Crippen LogP contribution in [0.15, 0.2) is 18.2 Å². The smallest absolute Gasteiger partial charge is 0.308 e. The molecule has 0 saturated heterocycles. The molecular formula is C21H27NO4. The second-order valence-corrected chi connectivity index (χ2v) is 7.34. The van der Waals surface area contributed by atoms with Gasteiger partial charge in [-0.15, -0.1) is 0 Å². The number of ether oxygens (including phenoxy) is 3. The number of benzene rings is 1. The molecule has 0 aromatic heterocycles. The summed E-state index contributed by atoms with van der Waals surface area (Å²) in [5.74, 6) is 1.82. The first-order valence-corrected chi connectivity index (χ1v) is 9.51. The highest BCUT2D eigenvalue weighted by molar-refractivity contribution is 5.72. The van der Waals surface area contributed by atoms with Crippen LogP contribution in [0.25, 0.3) is 0 Å². The molecule has 2 aliphatic carbocycles. The molecule has 26 heavy (non-hydrogen) atoms. The summed E-state index contributed by atoms with van der Waals surface area (Å²) < 4.78 is 16.5. The number of methoxy groups -OCH3 is 1. The van der Waals surface area contributed by atoms with E-state index in [4.69, 9.17) is 14.2 Å². The lowest BCUT2D eigenvalue weighted by Gasteiger charge is -2.34. The van der Waals surface area contributed by atoms with Gasteiger partial charge in [0, 0.05) is 0 Å². The minimum absolute atomic E-state index is 0.0970. The number of nitrogens with zero attached hydrogens (tertiary/aromatic N) is 1. The first kappa shape index (κ1) is 18.6. The van der Waals surface area contributed by atoms with Gasteiger partial charge in [0.1, 0.15) is 0 Å². The maximum absolute atomic E-state index is 12.0. The van der Waals surface area contributed by atoms with Crippen LogP contribution in [-0.4, -0.2) is 26.3 Å². The van der Waals surface area contributed by atoms with Crippen molar-refractivity contribution in [2.24, 2.45) is 11.8 Å². The van der Waals surface area contributed by atoms with Crippen LogP contribution in [0, 0.1) is 23.2 Å². The van der Waals surface area contributed by atoms with Crippen molar-refractivity contribution in [2.45, 2.75) is 50.9 Å². The highest BCUT2D eigenvalue weighted by atomic mass is 16.5. The molecule has 140 valence electrons. The Kier molecular flexibility index (Phi) is 5.70. The van der Waals surface area contributed by atoms with E-state index in [9.17, 15) is 10.1 Å². The number of esters is 1. The van der Waals surface area contributed by atoms with E-state index in [2.05, 4.69) is 6.07 Å². The maximum atomic E-state index is 12.0. The minimum atomic E-state index is -0.576. The first-order valence-electron chi connectivity index (χ1n) is 9.51. The van der Waals surface area contributed by atoms with Crippen molar-refractivity contribution in [3.63, 3.8) is 0 Å². The fourth-order valence-corrected chi connectivity index (χ4v) is 3.65. The number of rotatable bonds is 7. The normalized spacial score (nSPS) is 25.2. The van der Waals surface area contributed by atoms with Gasteiger partial charge in [0.05, 0.1) is 37.7 Å². The number of hydrogen-bond acceptors (Lipinski definition) is 5. The summed E-state index contributed by atoms with van der Waals surface area (Å²) in [5.41, 5.74) is 0.376. The average Bonchev–Trinajstić information content (AvgIpc) is 3.51. The summed E-state index contributed by atoms with van der Waals surface area (Å²) in [5, 5.41) is 9.93. The van der Waals surface area contributed by atoms with Gasteiger partial charge in [-0.3, -0.25) is 4.79 Å². The molecule has 0 spiro atoms. The molecule has 0 bridgehead atoms. The van der Waals surface area contributed by atoms with E-state index in [0.29, 0.717) is 56.3 Å². The fourth-order valence-electron chi connectivity index (χ4n) is 3.65. The first-order chi connectivity index (χ1) is 12.6. The molecule has 5 nitrogen and oxygen atoms in total. The van der Waals surface area contributed by atoms with Gasteiger partial charge in [-0.05, 0) is 69.1 Å². The third kappa shape index (κ3) is 3.95. The van der Waals surface area contributed by atoms with Gasteiger partial charge in [0.25, 0.3) is 0 Å². The third-order valence-electron chi connectivity index (χ3n) is 5.56. The lowest BCUT2D eigenvalue weighted by Crippen LogP contribution is -2.33. The number of carbonyl (C=O) groups excluding carboxylic acids is 1. The molecule has 0 radical (unpaired) electrons. The molecule has 2 aliphatic rings. The Morgan fingerprint density at radius 2 is 1.96 bits per heavy atom. The Hall–Kier alpha value is -2.22.